The Morgan fingerprint density at radius 1 is 1.08 bits per heavy atom. The molecule has 0 radical (unpaired) electrons. The molecule has 2 aromatic heterocycles. The van der Waals surface area contributed by atoms with E-state index in [1.54, 1.807) is 15.6 Å². The lowest BCUT2D eigenvalue weighted by atomic mass is 10.1. The van der Waals surface area contributed by atoms with E-state index in [-0.39, 0.29) is 11.1 Å². The highest BCUT2D eigenvalue weighted by atomic mass is 79.9. The summed E-state index contributed by atoms with van der Waals surface area (Å²) in [6.07, 6.45) is 1.56. The van der Waals surface area contributed by atoms with E-state index in [4.69, 9.17) is 0 Å². The van der Waals surface area contributed by atoms with Gasteiger partial charge in [-0.05, 0) is 49.2 Å². The minimum atomic E-state index is -0.195. The maximum Gasteiger partial charge on any atom is 0.283 e. The van der Waals surface area contributed by atoms with Crippen LogP contribution in [0.3, 0.4) is 0 Å². The van der Waals surface area contributed by atoms with Crippen molar-refractivity contribution in [1.29, 1.82) is 0 Å². The van der Waals surface area contributed by atoms with E-state index >= 15 is 0 Å². The van der Waals surface area contributed by atoms with E-state index in [1.165, 1.54) is 0 Å². The summed E-state index contributed by atoms with van der Waals surface area (Å²) in [4.78, 5) is 17.3. The van der Waals surface area contributed by atoms with Crippen molar-refractivity contribution in [1.82, 2.24) is 24.5 Å². The third kappa shape index (κ3) is 2.94. The Morgan fingerprint density at radius 3 is 2.62 bits per heavy atom. The van der Waals surface area contributed by atoms with Crippen LogP contribution in [0.5, 0.6) is 0 Å². The number of hydrogen-bond acceptors (Lipinski definition) is 4. The first kappa shape index (κ1) is 16.7. The molecule has 2 heterocycles. The van der Waals surface area contributed by atoms with Crippen LogP contribution in [0.4, 0.5) is 0 Å². The SMILES string of the molecule is Cc1ccc(C)c(Cn2cnc3c(nnn3-c3ccc(Br)cc3)c2=O)c1. The van der Waals surface area contributed by atoms with E-state index in [2.05, 4.69) is 49.4 Å². The van der Waals surface area contributed by atoms with Crippen molar-refractivity contribution < 1.29 is 0 Å². The summed E-state index contributed by atoms with van der Waals surface area (Å²) in [5, 5.41) is 8.18. The summed E-state index contributed by atoms with van der Waals surface area (Å²) in [6.45, 7) is 4.53. The molecular formula is C19H16BrN5O. The number of halogens is 1. The molecule has 0 atom stereocenters. The average molecular weight is 410 g/mol. The second-order valence-corrected chi connectivity index (χ2v) is 7.17. The van der Waals surface area contributed by atoms with Gasteiger partial charge in [0.05, 0.1) is 12.2 Å². The van der Waals surface area contributed by atoms with Crippen molar-refractivity contribution in [2.24, 2.45) is 0 Å². The molecule has 0 aliphatic carbocycles. The Kier molecular flexibility index (Phi) is 4.16. The van der Waals surface area contributed by atoms with Gasteiger partial charge >= 0.3 is 0 Å². The molecule has 0 amide bonds. The van der Waals surface area contributed by atoms with Crippen LogP contribution in [0.1, 0.15) is 16.7 Å². The van der Waals surface area contributed by atoms with Gasteiger partial charge < -0.3 is 0 Å². The van der Waals surface area contributed by atoms with Gasteiger partial charge in [0, 0.05) is 4.47 Å². The summed E-state index contributed by atoms with van der Waals surface area (Å²) in [5.74, 6) is 0. The largest absolute Gasteiger partial charge is 0.293 e. The Bertz CT molecular complexity index is 1160. The number of benzene rings is 2. The zero-order chi connectivity index (χ0) is 18.3. The van der Waals surface area contributed by atoms with Crippen LogP contribution < -0.4 is 5.56 Å². The molecule has 0 aliphatic heterocycles. The standard InChI is InChI=1S/C19H16BrN5O/c1-12-3-4-13(2)14(9-12)10-24-11-21-18-17(19(24)26)22-23-25(18)16-7-5-15(20)6-8-16/h3-9,11H,10H2,1-2H3. The highest BCUT2D eigenvalue weighted by molar-refractivity contribution is 9.10. The van der Waals surface area contributed by atoms with Gasteiger partial charge in [-0.1, -0.05) is 44.9 Å². The van der Waals surface area contributed by atoms with Gasteiger partial charge in [0.25, 0.3) is 5.56 Å². The monoisotopic (exact) mass is 409 g/mol. The Hall–Kier alpha value is -2.80. The van der Waals surface area contributed by atoms with Gasteiger partial charge in [0.15, 0.2) is 11.2 Å². The van der Waals surface area contributed by atoms with Crippen LogP contribution in [-0.4, -0.2) is 24.5 Å². The van der Waals surface area contributed by atoms with E-state index in [0.717, 1.165) is 26.9 Å². The van der Waals surface area contributed by atoms with Crippen molar-refractivity contribution in [3.8, 4) is 5.69 Å². The average Bonchev–Trinajstić information content (AvgIpc) is 3.06. The summed E-state index contributed by atoms with van der Waals surface area (Å²) in [6, 6.07) is 13.8. The number of fused-ring (bicyclic) bond motifs is 1. The molecule has 130 valence electrons. The highest BCUT2D eigenvalue weighted by Crippen LogP contribution is 2.16. The third-order valence-corrected chi connectivity index (χ3v) is 4.87. The van der Waals surface area contributed by atoms with E-state index in [1.807, 2.05) is 38.1 Å². The highest BCUT2D eigenvalue weighted by Gasteiger charge is 2.14. The number of aryl methyl sites for hydroxylation is 2. The van der Waals surface area contributed by atoms with Crippen molar-refractivity contribution >= 4 is 27.1 Å². The lowest BCUT2D eigenvalue weighted by molar-refractivity contribution is 0.741. The van der Waals surface area contributed by atoms with Crippen LogP contribution in [0.25, 0.3) is 16.9 Å². The molecule has 4 aromatic rings. The zero-order valence-corrected chi connectivity index (χ0v) is 15.9. The zero-order valence-electron chi connectivity index (χ0n) is 14.3. The molecule has 6 nitrogen and oxygen atoms in total. The smallest absolute Gasteiger partial charge is 0.283 e. The lowest BCUT2D eigenvalue weighted by Gasteiger charge is -2.09. The fourth-order valence-corrected chi connectivity index (χ4v) is 3.13. The van der Waals surface area contributed by atoms with Gasteiger partial charge in [0.1, 0.15) is 6.33 Å². The number of nitrogens with zero attached hydrogens (tertiary/aromatic N) is 5. The molecule has 4 rings (SSSR count). The van der Waals surface area contributed by atoms with Gasteiger partial charge in [-0.2, -0.15) is 4.68 Å². The van der Waals surface area contributed by atoms with Gasteiger partial charge in [-0.3, -0.25) is 9.36 Å². The molecule has 26 heavy (non-hydrogen) atoms. The maximum atomic E-state index is 12.8. The van der Waals surface area contributed by atoms with Gasteiger partial charge in [-0.15, -0.1) is 5.10 Å². The molecule has 0 unspecified atom stereocenters. The van der Waals surface area contributed by atoms with Crippen LogP contribution in [0.2, 0.25) is 0 Å². The predicted molar refractivity (Wildman–Crippen MR) is 104 cm³/mol. The molecule has 7 heteroatoms. The van der Waals surface area contributed by atoms with Crippen LogP contribution >= 0.6 is 15.9 Å². The predicted octanol–water partition coefficient (Wildman–Crippen LogP) is 3.40. The van der Waals surface area contributed by atoms with Crippen molar-refractivity contribution in [2.75, 3.05) is 0 Å². The minimum absolute atomic E-state index is 0.195. The summed E-state index contributed by atoms with van der Waals surface area (Å²) < 4.78 is 4.12. The van der Waals surface area contributed by atoms with Crippen molar-refractivity contribution in [3.63, 3.8) is 0 Å². The molecule has 0 spiro atoms. The third-order valence-electron chi connectivity index (χ3n) is 4.35. The fraction of sp³-hybridized carbons (Fsp3) is 0.158. The second kappa shape index (κ2) is 6.49. The lowest BCUT2D eigenvalue weighted by Crippen LogP contribution is -2.22. The minimum Gasteiger partial charge on any atom is -0.293 e. The molecular weight excluding hydrogens is 394 g/mol. The molecule has 0 fully saturated rings. The van der Waals surface area contributed by atoms with Gasteiger partial charge in [0.2, 0.25) is 0 Å². The summed E-state index contributed by atoms with van der Waals surface area (Å²) >= 11 is 3.41. The normalized spacial score (nSPS) is 11.2. The number of rotatable bonds is 3. The second-order valence-electron chi connectivity index (χ2n) is 6.26. The number of aromatic nitrogens is 5. The van der Waals surface area contributed by atoms with E-state index in [9.17, 15) is 4.79 Å². The van der Waals surface area contributed by atoms with E-state index < -0.39 is 0 Å². The molecule has 0 saturated carbocycles. The van der Waals surface area contributed by atoms with Crippen molar-refractivity contribution in [3.05, 3.63) is 80.3 Å². The summed E-state index contributed by atoms with van der Waals surface area (Å²) in [5.41, 5.74) is 4.72. The number of hydrogen-bond donors (Lipinski definition) is 0. The Balaban J connectivity index is 1.78. The van der Waals surface area contributed by atoms with E-state index in [0.29, 0.717) is 12.2 Å². The summed E-state index contributed by atoms with van der Waals surface area (Å²) in [7, 11) is 0. The first-order valence-electron chi connectivity index (χ1n) is 8.16. The topological polar surface area (TPSA) is 65.6 Å². The molecule has 0 saturated heterocycles. The van der Waals surface area contributed by atoms with Crippen LogP contribution in [0, 0.1) is 13.8 Å². The molecule has 0 N–H and O–H groups in total. The van der Waals surface area contributed by atoms with Crippen molar-refractivity contribution in [2.45, 2.75) is 20.4 Å². The first-order valence-corrected chi connectivity index (χ1v) is 8.95. The molecule has 2 aromatic carbocycles. The van der Waals surface area contributed by atoms with Crippen LogP contribution in [0.15, 0.2) is 58.1 Å². The van der Waals surface area contributed by atoms with Gasteiger partial charge in [-0.25, -0.2) is 4.98 Å². The first-order chi connectivity index (χ1) is 12.5. The maximum absolute atomic E-state index is 12.8. The molecule has 0 aliphatic rings. The Labute approximate surface area is 158 Å². The fourth-order valence-electron chi connectivity index (χ4n) is 2.87. The van der Waals surface area contributed by atoms with Crippen LogP contribution in [-0.2, 0) is 6.54 Å². The quantitative estimate of drug-likeness (QED) is 0.519. The Morgan fingerprint density at radius 2 is 1.85 bits per heavy atom. The molecule has 0 bridgehead atoms.